The van der Waals surface area contributed by atoms with Crippen LogP contribution < -0.4 is 5.32 Å². The first-order valence-corrected chi connectivity index (χ1v) is 7.63. The van der Waals surface area contributed by atoms with E-state index < -0.39 is 5.60 Å². The zero-order valence-corrected chi connectivity index (χ0v) is 13.6. The second-order valence-corrected chi connectivity index (χ2v) is 6.48. The minimum absolute atomic E-state index is 0.126. The van der Waals surface area contributed by atoms with Crippen LogP contribution in [0.1, 0.15) is 50.4 Å². The number of hydrogen-bond acceptors (Lipinski definition) is 5. The lowest BCUT2D eigenvalue weighted by molar-refractivity contribution is -0.123. The molecule has 0 atom stereocenters. The van der Waals surface area contributed by atoms with Gasteiger partial charge in [0.05, 0.1) is 11.1 Å². The van der Waals surface area contributed by atoms with Crippen LogP contribution in [0.3, 0.4) is 0 Å². The molecule has 0 unspecified atom stereocenters. The molecule has 1 saturated carbocycles. The molecule has 122 valence electrons. The number of ketones is 2. The average Bonchev–Trinajstić information content (AvgIpc) is 2.45. The van der Waals surface area contributed by atoms with Crippen LogP contribution in [0, 0.1) is 0 Å². The number of ether oxygens (including phenoxy) is 1. The van der Waals surface area contributed by atoms with Gasteiger partial charge in [-0.05, 0) is 51.5 Å². The van der Waals surface area contributed by atoms with Crippen LogP contribution in [0.2, 0.25) is 0 Å². The molecule has 23 heavy (non-hydrogen) atoms. The first-order valence-electron chi connectivity index (χ1n) is 7.63. The smallest absolute Gasteiger partial charge is 0.338 e. The molecule has 1 N–H and O–H groups in total. The summed E-state index contributed by atoms with van der Waals surface area (Å²) in [5.74, 6) is -0.640. The molecule has 2 rings (SSSR count). The lowest BCUT2D eigenvalue weighted by atomic mass is 9.93. The molecular weight excluding hydrogens is 294 g/mol. The molecule has 0 bridgehead atoms. The highest BCUT2D eigenvalue weighted by atomic mass is 16.6. The van der Waals surface area contributed by atoms with E-state index in [0.717, 1.165) is 0 Å². The standard InChI is InChI=1S/C18H21NO4/c1-18(2,3)23-17(22)12-7-9-13(10-8-12)19-11-14-15(20)5-4-6-16(14)21/h7-11,19H,4-6H2,1-3H3. The van der Waals surface area contributed by atoms with E-state index in [1.54, 1.807) is 24.3 Å². The van der Waals surface area contributed by atoms with E-state index in [2.05, 4.69) is 5.32 Å². The lowest BCUT2D eigenvalue weighted by Crippen LogP contribution is -2.23. The summed E-state index contributed by atoms with van der Waals surface area (Å²) in [6.07, 6.45) is 2.90. The van der Waals surface area contributed by atoms with Gasteiger partial charge in [0.1, 0.15) is 5.60 Å². The van der Waals surface area contributed by atoms with Gasteiger partial charge in [-0.2, -0.15) is 0 Å². The van der Waals surface area contributed by atoms with Crippen LogP contribution in [0.25, 0.3) is 0 Å². The SMILES string of the molecule is CC(C)(C)OC(=O)c1ccc(NC=C2C(=O)CCCC2=O)cc1. The molecule has 5 nitrogen and oxygen atoms in total. The number of hydrogen-bond donors (Lipinski definition) is 1. The van der Waals surface area contributed by atoms with Crippen molar-refractivity contribution in [2.24, 2.45) is 0 Å². The number of carbonyl (C=O) groups excluding carboxylic acids is 3. The molecule has 0 radical (unpaired) electrons. The Hall–Kier alpha value is -2.43. The molecule has 0 amide bonds. The molecule has 0 aromatic heterocycles. The maximum absolute atomic E-state index is 11.9. The minimum atomic E-state index is -0.542. The number of nitrogens with one attached hydrogen (secondary N) is 1. The van der Waals surface area contributed by atoms with Gasteiger partial charge in [-0.3, -0.25) is 9.59 Å². The third kappa shape index (κ3) is 4.77. The predicted molar refractivity (Wildman–Crippen MR) is 87.2 cm³/mol. The number of allylic oxidation sites excluding steroid dienone is 1. The molecular formula is C18H21NO4. The lowest BCUT2D eigenvalue weighted by Gasteiger charge is -2.19. The summed E-state index contributed by atoms with van der Waals surface area (Å²) >= 11 is 0. The molecule has 5 heteroatoms. The highest BCUT2D eigenvalue weighted by Gasteiger charge is 2.22. The van der Waals surface area contributed by atoms with E-state index in [4.69, 9.17) is 4.74 Å². The van der Waals surface area contributed by atoms with E-state index in [9.17, 15) is 14.4 Å². The van der Waals surface area contributed by atoms with Crippen LogP contribution in [0.4, 0.5) is 5.69 Å². The second kappa shape index (κ2) is 6.77. The molecule has 1 aliphatic rings. The fraction of sp³-hybridized carbons (Fsp3) is 0.389. The molecule has 1 aliphatic carbocycles. The molecule has 0 saturated heterocycles. The normalized spacial score (nSPS) is 15.3. The van der Waals surface area contributed by atoms with Crippen LogP contribution in [0.5, 0.6) is 0 Å². The van der Waals surface area contributed by atoms with Crippen LogP contribution in [-0.4, -0.2) is 23.1 Å². The summed E-state index contributed by atoms with van der Waals surface area (Å²) in [5, 5.41) is 2.93. The summed E-state index contributed by atoms with van der Waals surface area (Å²) in [6.45, 7) is 5.43. The summed E-state index contributed by atoms with van der Waals surface area (Å²) in [6, 6.07) is 6.68. The summed E-state index contributed by atoms with van der Waals surface area (Å²) in [7, 11) is 0. The second-order valence-electron chi connectivity index (χ2n) is 6.48. The fourth-order valence-electron chi connectivity index (χ4n) is 2.19. The zero-order chi connectivity index (χ0) is 17.0. The van der Waals surface area contributed by atoms with E-state index in [-0.39, 0.29) is 23.1 Å². The van der Waals surface area contributed by atoms with Gasteiger partial charge in [-0.1, -0.05) is 0 Å². The van der Waals surface area contributed by atoms with Crippen molar-refractivity contribution in [3.8, 4) is 0 Å². The van der Waals surface area contributed by atoms with Crippen molar-refractivity contribution >= 4 is 23.2 Å². The van der Waals surface area contributed by atoms with E-state index in [1.807, 2.05) is 20.8 Å². The van der Waals surface area contributed by atoms with Crippen LogP contribution in [0.15, 0.2) is 36.0 Å². The van der Waals surface area contributed by atoms with Gasteiger partial charge in [-0.15, -0.1) is 0 Å². The van der Waals surface area contributed by atoms with Crippen molar-refractivity contribution in [1.29, 1.82) is 0 Å². The minimum Gasteiger partial charge on any atom is -0.456 e. The maximum atomic E-state index is 11.9. The third-order valence-electron chi connectivity index (χ3n) is 3.31. The quantitative estimate of drug-likeness (QED) is 0.526. The predicted octanol–water partition coefficient (Wildman–Crippen LogP) is 3.26. The number of carbonyl (C=O) groups is 3. The number of rotatable bonds is 3. The molecule has 1 aromatic rings. The highest BCUT2D eigenvalue weighted by molar-refractivity contribution is 6.21. The highest BCUT2D eigenvalue weighted by Crippen LogP contribution is 2.18. The van der Waals surface area contributed by atoms with E-state index in [1.165, 1.54) is 6.20 Å². The van der Waals surface area contributed by atoms with Gasteiger partial charge in [0.2, 0.25) is 0 Å². The Morgan fingerprint density at radius 1 is 1.09 bits per heavy atom. The number of Topliss-reactive ketones (excluding diaryl/α,β-unsaturated/α-hetero) is 2. The van der Waals surface area contributed by atoms with Crippen LogP contribution in [-0.2, 0) is 14.3 Å². The molecule has 1 aromatic carbocycles. The monoisotopic (exact) mass is 315 g/mol. The first-order chi connectivity index (χ1) is 10.8. The molecule has 0 heterocycles. The van der Waals surface area contributed by atoms with Gasteiger partial charge in [0, 0.05) is 24.7 Å². The zero-order valence-electron chi connectivity index (χ0n) is 13.6. The summed E-state index contributed by atoms with van der Waals surface area (Å²) in [4.78, 5) is 35.3. The maximum Gasteiger partial charge on any atom is 0.338 e. The third-order valence-corrected chi connectivity index (χ3v) is 3.31. The van der Waals surface area contributed by atoms with Crippen LogP contribution >= 0.6 is 0 Å². The number of anilines is 1. The van der Waals surface area contributed by atoms with Gasteiger partial charge in [0.15, 0.2) is 11.6 Å². The Morgan fingerprint density at radius 3 is 2.17 bits per heavy atom. The molecule has 1 fully saturated rings. The van der Waals surface area contributed by atoms with Crippen molar-refractivity contribution < 1.29 is 19.1 Å². The molecule has 0 aliphatic heterocycles. The Labute approximate surface area is 135 Å². The van der Waals surface area contributed by atoms with Gasteiger partial charge in [0.25, 0.3) is 0 Å². The number of benzene rings is 1. The Balaban J connectivity index is 2.04. The fourth-order valence-corrected chi connectivity index (χ4v) is 2.19. The summed E-state index contributed by atoms with van der Waals surface area (Å²) in [5.41, 5.74) is 0.812. The van der Waals surface area contributed by atoms with Crippen molar-refractivity contribution in [1.82, 2.24) is 0 Å². The largest absolute Gasteiger partial charge is 0.456 e. The molecule has 0 spiro atoms. The van der Waals surface area contributed by atoms with Crippen molar-refractivity contribution in [2.75, 3.05) is 5.32 Å². The van der Waals surface area contributed by atoms with Crippen molar-refractivity contribution in [3.63, 3.8) is 0 Å². The summed E-state index contributed by atoms with van der Waals surface area (Å²) < 4.78 is 5.29. The Kier molecular flexibility index (Phi) is 4.98. The topological polar surface area (TPSA) is 72.5 Å². The van der Waals surface area contributed by atoms with Crippen molar-refractivity contribution in [2.45, 2.75) is 45.6 Å². The average molecular weight is 315 g/mol. The van der Waals surface area contributed by atoms with E-state index in [0.29, 0.717) is 30.5 Å². The Bertz CT molecular complexity index is 633. The van der Waals surface area contributed by atoms with E-state index >= 15 is 0 Å². The number of esters is 1. The Morgan fingerprint density at radius 2 is 1.65 bits per heavy atom. The van der Waals surface area contributed by atoms with Gasteiger partial charge >= 0.3 is 5.97 Å². The van der Waals surface area contributed by atoms with Crippen molar-refractivity contribution in [3.05, 3.63) is 41.6 Å². The first kappa shape index (κ1) is 16.9. The van der Waals surface area contributed by atoms with Gasteiger partial charge in [-0.25, -0.2) is 4.79 Å². The van der Waals surface area contributed by atoms with Gasteiger partial charge < -0.3 is 10.1 Å².